The van der Waals surface area contributed by atoms with Crippen molar-refractivity contribution in [2.24, 2.45) is 0 Å². The molecule has 2 heterocycles. The summed E-state index contributed by atoms with van der Waals surface area (Å²) < 4.78 is 0. The van der Waals surface area contributed by atoms with Crippen LogP contribution in [0.3, 0.4) is 0 Å². The highest BCUT2D eigenvalue weighted by atomic mass is 16.3. The fourth-order valence-corrected chi connectivity index (χ4v) is 3.22. The number of piperidine rings is 1. The van der Waals surface area contributed by atoms with E-state index in [9.17, 15) is 9.90 Å². The van der Waals surface area contributed by atoms with Gasteiger partial charge in [0.05, 0.1) is 12.1 Å². The van der Waals surface area contributed by atoms with Gasteiger partial charge in [0, 0.05) is 25.3 Å². The molecule has 0 saturated carbocycles. The molecule has 0 spiro atoms. The number of carbonyl (C=O) groups is 1. The van der Waals surface area contributed by atoms with Gasteiger partial charge in [-0.25, -0.2) is 0 Å². The average Bonchev–Trinajstić information content (AvgIpc) is 2.90. The molecule has 1 saturated heterocycles. The number of hydrogen-bond donors (Lipinski definition) is 1. The summed E-state index contributed by atoms with van der Waals surface area (Å²) in [6, 6.07) is 8.06. The Bertz CT molecular complexity index is 495. The van der Waals surface area contributed by atoms with Gasteiger partial charge in [-0.15, -0.1) is 0 Å². The van der Waals surface area contributed by atoms with E-state index >= 15 is 0 Å². The number of likely N-dealkylation sites (tertiary alicyclic amines) is 1. The molecule has 3 rings (SSSR count). The van der Waals surface area contributed by atoms with Crippen molar-refractivity contribution in [3.63, 3.8) is 0 Å². The SMILES string of the molecule is CC(C(=O)N1CCc2ccccc21)N1CCC(O)CC1. The molecule has 2 aliphatic heterocycles. The van der Waals surface area contributed by atoms with Crippen molar-refractivity contribution in [3.05, 3.63) is 29.8 Å². The Kier molecular flexibility index (Phi) is 3.76. The third-order valence-corrected chi connectivity index (χ3v) is 4.56. The van der Waals surface area contributed by atoms with Gasteiger partial charge in [-0.05, 0) is 37.8 Å². The Morgan fingerprint density at radius 1 is 1.25 bits per heavy atom. The second-order valence-electron chi connectivity index (χ2n) is 5.81. The number of aliphatic hydroxyl groups excluding tert-OH is 1. The highest BCUT2D eigenvalue weighted by Crippen LogP contribution is 2.28. The maximum absolute atomic E-state index is 12.7. The number of aliphatic hydroxyl groups is 1. The van der Waals surface area contributed by atoms with E-state index in [0.717, 1.165) is 44.6 Å². The maximum Gasteiger partial charge on any atom is 0.244 e. The van der Waals surface area contributed by atoms with Gasteiger partial charge >= 0.3 is 0 Å². The molecule has 1 atom stereocenters. The topological polar surface area (TPSA) is 43.8 Å². The van der Waals surface area contributed by atoms with Crippen LogP contribution in [0.1, 0.15) is 25.3 Å². The zero-order valence-electron chi connectivity index (χ0n) is 12.0. The van der Waals surface area contributed by atoms with E-state index in [4.69, 9.17) is 0 Å². The molecule has 1 amide bonds. The summed E-state index contributed by atoms with van der Waals surface area (Å²) in [6.07, 6.45) is 2.30. The minimum absolute atomic E-state index is 0.103. The molecule has 4 heteroatoms. The predicted molar refractivity (Wildman–Crippen MR) is 78.8 cm³/mol. The third-order valence-electron chi connectivity index (χ3n) is 4.56. The van der Waals surface area contributed by atoms with E-state index in [0.29, 0.717) is 0 Å². The van der Waals surface area contributed by atoms with Gasteiger partial charge in [0.1, 0.15) is 0 Å². The van der Waals surface area contributed by atoms with Crippen LogP contribution in [0.15, 0.2) is 24.3 Å². The van der Waals surface area contributed by atoms with Crippen LogP contribution in [0.25, 0.3) is 0 Å². The molecule has 0 aromatic heterocycles. The van der Waals surface area contributed by atoms with E-state index in [-0.39, 0.29) is 18.1 Å². The normalized spacial score (nSPS) is 21.8. The maximum atomic E-state index is 12.7. The first-order valence-corrected chi connectivity index (χ1v) is 7.48. The summed E-state index contributed by atoms with van der Waals surface area (Å²) in [5, 5.41) is 9.57. The molecule has 1 fully saturated rings. The van der Waals surface area contributed by atoms with E-state index in [1.165, 1.54) is 5.56 Å². The van der Waals surface area contributed by atoms with Crippen LogP contribution in [0, 0.1) is 0 Å². The number of rotatable bonds is 2. The highest BCUT2D eigenvalue weighted by Gasteiger charge is 2.32. The van der Waals surface area contributed by atoms with Crippen LogP contribution in [-0.4, -0.2) is 47.7 Å². The van der Waals surface area contributed by atoms with E-state index in [1.807, 2.05) is 30.0 Å². The van der Waals surface area contributed by atoms with Crippen LogP contribution in [0.4, 0.5) is 5.69 Å². The Hall–Kier alpha value is -1.39. The van der Waals surface area contributed by atoms with Gasteiger partial charge in [0.25, 0.3) is 0 Å². The first-order valence-electron chi connectivity index (χ1n) is 7.48. The van der Waals surface area contributed by atoms with Crippen LogP contribution in [-0.2, 0) is 11.2 Å². The highest BCUT2D eigenvalue weighted by molar-refractivity contribution is 5.98. The first-order chi connectivity index (χ1) is 9.66. The molecule has 20 heavy (non-hydrogen) atoms. The minimum Gasteiger partial charge on any atom is -0.393 e. The van der Waals surface area contributed by atoms with Gasteiger partial charge in [-0.1, -0.05) is 18.2 Å². The van der Waals surface area contributed by atoms with Crippen molar-refractivity contribution in [2.45, 2.75) is 38.3 Å². The molecule has 1 N–H and O–H groups in total. The lowest BCUT2D eigenvalue weighted by molar-refractivity contribution is -0.124. The molecule has 0 aliphatic carbocycles. The van der Waals surface area contributed by atoms with Crippen LogP contribution >= 0.6 is 0 Å². The largest absolute Gasteiger partial charge is 0.393 e. The first kappa shape index (κ1) is 13.6. The van der Waals surface area contributed by atoms with Gasteiger partial charge in [-0.2, -0.15) is 0 Å². The number of benzene rings is 1. The smallest absolute Gasteiger partial charge is 0.244 e. The molecule has 1 unspecified atom stereocenters. The molecule has 1 aromatic rings. The number of carbonyl (C=O) groups excluding carboxylic acids is 1. The van der Waals surface area contributed by atoms with Crippen molar-refractivity contribution >= 4 is 11.6 Å². The quantitative estimate of drug-likeness (QED) is 0.887. The van der Waals surface area contributed by atoms with E-state index < -0.39 is 0 Å². The van der Waals surface area contributed by atoms with Crippen LogP contribution < -0.4 is 4.90 Å². The van der Waals surface area contributed by atoms with Gasteiger partial charge in [0.2, 0.25) is 5.91 Å². The second kappa shape index (κ2) is 5.54. The Morgan fingerprint density at radius 2 is 1.95 bits per heavy atom. The summed E-state index contributed by atoms with van der Waals surface area (Å²) in [5.74, 6) is 0.186. The zero-order valence-corrected chi connectivity index (χ0v) is 12.0. The van der Waals surface area contributed by atoms with Crippen LogP contribution in [0.5, 0.6) is 0 Å². The number of hydrogen-bond acceptors (Lipinski definition) is 3. The molecule has 108 valence electrons. The molecular formula is C16H22N2O2. The van der Waals surface area contributed by atoms with E-state index in [1.54, 1.807) is 0 Å². The number of fused-ring (bicyclic) bond motifs is 1. The lowest BCUT2D eigenvalue weighted by Gasteiger charge is -2.35. The average molecular weight is 274 g/mol. The molecular weight excluding hydrogens is 252 g/mol. The monoisotopic (exact) mass is 274 g/mol. The third kappa shape index (κ3) is 2.45. The van der Waals surface area contributed by atoms with Gasteiger partial charge in [0.15, 0.2) is 0 Å². The Balaban J connectivity index is 1.70. The number of nitrogens with zero attached hydrogens (tertiary/aromatic N) is 2. The molecule has 4 nitrogen and oxygen atoms in total. The summed E-state index contributed by atoms with van der Waals surface area (Å²) in [4.78, 5) is 16.8. The van der Waals surface area contributed by atoms with Crippen molar-refractivity contribution in [2.75, 3.05) is 24.5 Å². The Labute approximate surface area is 120 Å². The minimum atomic E-state index is -0.193. The van der Waals surface area contributed by atoms with Gasteiger partial charge < -0.3 is 10.0 Å². The molecule has 2 aliphatic rings. The van der Waals surface area contributed by atoms with Crippen LogP contribution in [0.2, 0.25) is 0 Å². The standard InChI is InChI=1S/C16H22N2O2/c1-12(17-9-7-14(19)8-10-17)16(20)18-11-6-13-4-2-3-5-15(13)18/h2-5,12,14,19H,6-11H2,1H3. The summed E-state index contributed by atoms with van der Waals surface area (Å²) in [5.41, 5.74) is 2.34. The fourth-order valence-electron chi connectivity index (χ4n) is 3.22. The number of anilines is 1. The molecule has 0 radical (unpaired) electrons. The molecule has 0 bridgehead atoms. The fraction of sp³-hybridized carbons (Fsp3) is 0.562. The lowest BCUT2D eigenvalue weighted by Crippen LogP contribution is -2.50. The summed E-state index contributed by atoms with van der Waals surface area (Å²) in [7, 11) is 0. The lowest BCUT2D eigenvalue weighted by atomic mass is 10.1. The van der Waals surface area contributed by atoms with Crippen molar-refractivity contribution < 1.29 is 9.90 Å². The molecule has 1 aromatic carbocycles. The summed E-state index contributed by atoms with van der Waals surface area (Å²) in [6.45, 7) is 4.40. The van der Waals surface area contributed by atoms with Gasteiger partial charge in [-0.3, -0.25) is 9.69 Å². The number of amides is 1. The van der Waals surface area contributed by atoms with Crippen molar-refractivity contribution in [1.29, 1.82) is 0 Å². The summed E-state index contributed by atoms with van der Waals surface area (Å²) >= 11 is 0. The van der Waals surface area contributed by atoms with Crippen molar-refractivity contribution in [3.8, 4) is 0 Å². The predicted octanol–water partition coefficient (Wildman–Crippen LogP) is 1.42. The van der Waals surface area contributed by atoms with E-state index in [2.05, 4.69) is 11.0 Å². The number of para-hydroxylation sites is 1. The zero-order chi connectivity index (χ0) is 14.1. The second-order valence-corrected chi connectivity index (χ2v) is 5.81. The Morgan fingerprint density at radius 3 is 2.70 bits per heavy atom. The van der Waals surface area contributed by atoms with Crippen molar-refractivity contribution in [1.82, 2.24) is 4.90 Å².